The van der Waals surface area contributed by atoms with Crippen LogP contribution in [0.25, 0.3) is 0 Å². The normalized spacial score (nSPS) is 9.97. The highest BCUT2D eigenvalue weighted by atomic mass is 16.6. The zero-order chi connectivity index (χ0) is 22.8. The molecule has 0 spiro atoms. The van der Waals surface area contributed by atoms with Crippen molar-refractivity contribution in [1.82, 2.24) is 4.98 Å². The van der Waals surface area contributed by atoms with Gasteiger partial charge in [-0.15, -0.1) is 0 Å². The first kappa shape index (κ1) is 23.9. The van der Waals surface area contributed by atoms with Crippen LogP contribution in [0, 0.1) is 30.3 Å². The van der Waals surface area contributed by atoms with E-state index < -0.39 is 37.6 Å². The van der Waals surface area contributed by atoms with Gasteiger partial charge in [-0.25, -0.2) is 0 Å². The molecule has 160 valence electrons. The van der Waals surface area contributed by atoms with Gasteiger partial charge in [0.25, 0.3) is 11.4 Å². The topological polar surface area (TPSA) is 189 Å². The van der Waals surface area contributed by atoms with E-state index in [2.05, 4.69) is 4.98 Å². The molecule has 1 aromatic carbocycles. The van der Waals surface area contributed by atoms with E-state index in [0.29, 0.717) is 25.0 Å². The molecular formula is C17H18N4O9. The number of nitro benzene ring substituents is 3. The number of benzene rings is 1. The molecule has 13 nitrogen and oxygen atoms in total. The van der Waals surface area contributed by atoms with Crippen LogP contribution >= 0.6 is 0 Å². The van der Waals surface area contributed by atoms with E-state index in [-0.39, 0.29) is 12.1 Å². The summed E-state index contributed by atoms with van der Waals surface area (Å²) in [6, 6.07) is 4.71. The zero-order valence-corrected chi connectivity index (χ0v) is 16.0. The Morgan fingerprint density at radius 2 is 1.67 bits per heavy atom. The molecule has 2 rings (SSSR count). The molecule has 1 N–H and O–H groups in total. The number of hydrogen-bond donors (Lipinski definition) is 1. The molecule has 0 aliphatic heterocycles. The molecule has 0 atom stereocenters. The fourth-order valence-corrected chi connectivity index (χ4v) is 2.09. The molecule has 13 heteroatoms. The Morgan fingerprint density at radius 1 is 1.10 bits per heavy atom. The molecule has 0 amide bonds. The number of carbonyl (C=O) groups excluding carboxylic acids is 1. The number of ether oxygens (including phenoxy) is 1. The van der Waals surface area contributed by atoms with Gasteiger partial charge in [0.2, 0.25) is 0 Å². The van der Waals surface area contributed by atoms with Crippen molar-refractivity contribution in [3.05, 3.63) is 72.6 Å². The number of aromatic hydroxyl groups is 1. The first-order valence-corrected chi connectivity index (χ1v) is 8.41. The van der Waals surface area contributed by atoms with Gasteiger partial charge in [-0.2, -0.15) is 0 Å². The van der Waals surface area contributed by atoms with E-state index in [1.165, 1.54) is 0 Å². The summed E-state index contributed by atoms with van der Waals surface area (Å²) in [5.41, 5.74) is -1.94. The number of rotatable bonds is 7. The summed E-state index contributed by atoms with van der Waals surface area (Å²) in [6.07, 6.45) is 4.57. The second-order valence-electron chi connectivity index (χ2n) is 6.00. The second kappa shape index (κ2) is 11.0. The summed E-state index contributed by atoms with van der Waals surface area (Å²) in [6.45, 7) is 3.70. The number of nitro groups is 3. The van der Waals surface area contributed by atoms with Gasteiger partial charge in [0.05, 0.1) is 33.0 Å². The smallest absolute Gasteiger partial charge is 0.324 e. The third kappa shape index (κ3) is 7.46. The maximum atomic E-state index is 11.2. The van der Waals surface area contributed by atoms with E-state index >= 15 is 0 Å². The Bertz CT molecular complexity index is 897. The molecule has 0 unspecified atom stereocenters. The van der Waals surface area contributed by atoms with Crippen molar-refractivity contribution in [2.24, 2.45) is 0 Å². The van der Waals surface area contributed by atoms with E-state index in [9.17, 15) is 35.1 Å². The molecule has 0 fully saturated rings. The van der Waals surface area contributed by atoms with Crippen LogP contribution in [0.4, 0.5) is 17.1 Å². The molecular weight excluding hydrogens is 404 g/mol. The molecule has 0 bridgehead atoms. The Balaban J connectivity index is 0.000000303. The van der Waals surface area contributed by atoms with Crippen LogP contribution in [0.5, 0.6) is 5.75 Å². The fraction of sp³-hybridized carbons (Fsp3) is 0.294. The van der Waals surface area contributed by atoms with Crippen molar-refractivity contribution in [3.8, 4) is 5.75 Å². The first-order valence-electron chi connectivity index (χ1n) is 8.41. The molecule has 0 aliphatic rings. The number of phenols is 1. The number of pyridine rings is 1. The minimum Gasteiger partial charge on any atom is -0.497 e. The summed E-state index contributed by atoms with van der Waals surface area (Å²) in [7, 11) is 0. The van der Waals surface area contributed by atoms with Crippen molar-refractivity contribution >= 4 is 23.0 Å². The quantitative estimate of drug-likeness (QED) is 0.394. The van der Waals surface area contributed by atoms with Crippen LogP contribution < -0.4 is 0 Å². The van der Waals surface area contributed by atoms with Gasteiger partial charge in [0, 0.05) is 18.8 Å². The van der Waals surface area contributed by atoms with Gasteiger partial charge in [-0.05, 0) is 31.9 Å². The summed E-state index contributed by atoms with van der Waals surface area (Å²) in [5, 5.41) is 40.2. The van der Waals surface area contributed by atoms with E-state index in [1.807, 2.05) is 26.0 Å². The molecule has 30 heavy (non-hydrogen) atoms. The van der Waals surface area contributed by atoms with Crippen LogP contribution in [0.1, 0.15) is 25.8 Å². The first-order chi connectivity index (χ1) is 14.0. The van der Waals surface area contributed by atoms with Gasteiger partial charge in [-0.3, -0.25) is 40.1 Å². The van der Waals surface area contributed by atoms with Gasteiger partial charge < -0.3 is 9.84 Å². The number of nitrogens with zero attached hydrogens (tertiary/aromatic N) is 4. The summed E-state index contributed by atoms with van der Waals surface area (Å²) in [4.78, 5) is 42.9. The average Bonchev–Trinajstić information content (AvgIpc) is 2.66. The lowest BCUT2D eigenvalue weighted by atomic mass is 10.2. The predicted octanol–water partition coefficient (Wildman–Crippen LogP) is 3.08. The molecule has 0 saturated heterocycles. The average molecular weight is 422 g/mol. The number of aromatic nitrogens is 1. The Hall–Kier alpha value is -4.16. The molecule has 2 aromatic rings. The van der Waals surface area contributed by atoms with Crippen molar-refractivity contribution in [3.63, 3.8) is 0 Å². The van der Waals surface area contributed by atoms with Crippen LogP contribution in [0.3, 0.4) is 0 Å². The summed E-state index contributed by atoms with van der Waals surface area (Å²) in [5.74, 6) is -1.36. The summed E-state index contributed by atoms with van der Waals surface area (Å²) >= 11 is 0. The van der Waals surface area contributed by atoms with E-state index in [1.54, 1.807) is 12.4 Å². The van der Waals surface area contributed by atoms with Crippen molar-refractivity contribution in [2.75, 3.05) is 0 Å². The third-order valence-electron chi connectivity index (χ3n) is 3.37. The SMILES string of the molecule is CC(C)OC(=O)CCc1cccnc1.O=[N+]([O-])c1cc([N+](=O)[O-])c(O)c([N+](=O)[O-])c1. The number of hydrogen-bond acceptors (Lipinski definition) is 10. The zero-order valence-electron chi connectivity index (χ0n) is 16.0. The Morgan fingerprint density at radius 3 is 2.07 bits per heavy atom. The lowest BCUT2D eigenvalue weighted by Gasteiger charge is -2.07. The lowest BCUT2D eigenvalue weighted by molar-refractivity contribution is -0.404. The maximum Gasteiger partial charge on any atom is 0.324 e. The number of esters is 1. The minimum atomic E-state index is -1.21. The third-order valence-corrected chi connectivity index (χ3v) is 3.37. The summed E-state index contributed by atoms with van der Waals surface area (Å²) < 4.78 is 5.01. The minimum absolute atomic E-state index is 0.0311. The van der Waals surface area contributed by atoms with Gasteiger partial charge in [0.15, 0.2) is 0 Å². The standard InChI is InChI=1S/C11H15NO2.C6H3N3O7/c1-9(2)14-11(13)6-5-10-4-3-7-12-8-10;10-6-4(8(13)14)1-3(7(11)12)2-5(6)9(15)16/h3-4,7-9H,5-6H2,1-2H3;1-2,10H. The highest BCUT2D eigenvalue weighted by molar-refractivity contribution is 5.69. The molecule has 0 aliphatic carbocycles. The lowest BCUT2D eigenvalue weighted by Crippen LogP contribution is -2.11. The highest BCUT2D eigenvalue weighted by Gasteiger charge is 2.30. The molecule has 0 radical (unpaired) electrons. The maximum absolute atomic E-state index is 11.2. The number of aryl methyl sites for hydroxylation is 1. The van der Waals surface area contributed by atoms with Gasteiger partial charge in [-0.1, -0.05) is 6.07 Å². The van der Waals surface area contributed by atoms with Gasteiger partial charge in [0.1, 0.15) is 0 Å². The Labute approximate surface area is 169 Å². The molecule has 1 aromatic heterocycles. The number of carbonyl (C=O) groups is 1. The monoisotopic (exact) mass is 422 g/mol. The van der Waals surface area contributed by atoms with Crippen LogP contribution in [0.15, 0.2) is 36.7 Å². The fourth-order valence-electron chi connectivity index (χ4n) is 2.09. The van der Waals surface area contributed by atoms with E-state index in [0.717, 1.165) is 5.56 Å². The highest BCUT2D eigenvalue weighted by Crippen LogP contribution is 2.38. The largest absolute Gasteiger partial charge is 0.497 e. The number of phenolic OH excluding ortho intramolecular Hbond substituents is 1. The van der Waals surface area contributed by atoms with Crippen molar-refractivity contribution < 1.29 is 29.4 Å². The van der Waals surface area contributed by atoms with Crippen LogP contribution in [-0.2, 0) is 16.0 Å². The van der Waals surface area contributed by atoms with Crippen molar-refractivity contribution in [2.45, 2.75) is 32.8 Å². The van der Waals surface area contributed by atoms with Gasteiger partial charge >= 0.3 is 17.3 Å². The van der Waals surface area contributed by atoms with E-state index in [4.69, 9.17) is 9.84 Å². The van der Waals surface area contributed by atoms with Crippen LogP contribution in [0.2, 0.25) is 0 Å². The number of non-ortho nitro benzene ring substituents is 1. The van der Waals surface area contributed by atoms with Crippen LogP contribution in [-0.4, -0.2) is 36.9 Å². The second-order valence-corrected chi connectivity index (χ2v) is 6.00. The van der Waals surface area contributed by atoms with Crippen molar-refractivity contribution in [1.29, 1.82) is 0 Å². The molecule has 1 heterocycles. The predicted molar refractivity (Wildman–Crippen MR) is 102 cm³/mol. The molecule has 0 saturated carbocycles. The Kier molecular flexibility index (Phi) is 8.75.